The number of benzene rings is 2. The van der Waals surface area contributed by atoms with E-state index < -0.39 is 0 Å². The topological polar surface area (TPSA) is 53.2 Å². The minimum Gasteiger partial charge on any atom is -0.382 e. The molecule has 1 spiro atoms. The van der Waals surface area contributed by atoms with Crippen molar-refractivity contribution in [3.05, 3.63) is 88.1 Å². The zero-order chi connectivity index (χ0) is 25.4. The van der Waals surface area contributed by atoms with Crippen LogP contribution in [0.25, 0.3) is 20.9 Å². The maximum Gasteiger partial charge on any atom is 0.252 e. The summed E-state index contributed by atoms with van der Waals surface area (Å²) in [5, 5.41) is 14.7. The average molecular weight is 528 g/mol. The fraction of sp³-hybridized carbons (Fsp3) is 0.323. The molecule has 0 bridgehead atoms. The second-order valence-corrected chi connectivity index (χ2v) is 12.6. The van der Waals surface area contributed by atoms with E-state index in [0.29, 0.717) is 11.5 Å². The van der Waals surface area contributed by atoms with Crippen molar-refractivity contribution in [2.24, 2.45) is 5.41 Å². The van der Waals surface area contributed by atoms with Crippen LogP contribution in [-0.2, 0) is 0 Å². The first-order chi connectivity index (χ1) is 18.0. The van der Waals surface area contributed by atoms with Gasteiger partial charge < -0.3 is 16.0 Å². The van der Waals surface area contributed by atoms with Crippen LogP contribution in [0.5, 0.6) is 0 Å². The molecule has 3 N–H and O–H groups in total. The molecule has 37 heavy (non-hydrogen) atoms. The molecular weight excluding hydrogens is 494 g/mol. The summed E-state index contributed by atoms with van der Waals surface area (Å²) >= 11 is 3.48. The lowest BCUT2D eigenvalue weighted by Gasteiger charge is -2.45. The van der Waals surface area contributed by atoms with E-state index in [2.05, 4.69) is 88.2 Å². The lowest BCUT2D eigenvalue weighted by Crippen LogP contribution is -2.46. The summed E-state index contributed by atoms with van der Waals surface area (Å²) in [7, 11) is 0. The van der Waals surface area contributed by atoms with Crippen molar-refractivity contribution in [3.8, 4) is 20.9 Å². The van der Waals surface area contributed by atoms with Crippen molar-refractivity contribution in [2.45, 2.75) is 45.2 Å². The van der Waals surface area contributed by atoms with Gasteiger partial charge in [0.25, 0.3) is 5.91 Å². The van der Waals surface area contributed by atoms with Gasteiger partial charge in [-0.3, -0.25) is 4.79 Å². The Bertz CT molecular complexity index is 1330. The zero-order valence-electron chi connectivity index (χ0n) is 21.3. The van der Waals surface area contributed by atoms with Crippen LogP contribution < -0.4 is 16.0 Å². The highest BCUT2D eigenvalue weighted by molar-refractivity contribution is 7.14. The third kappa shape index (κ3) is 5.11. The number of aryl methyl sites for hydroxylation is 1. The molecule has 1 saturated carbocycles. The monoisotopic (exact) mass is 527 g/mol. The van der Waals surface area contributed by atoms with Gasteiger partial charge in [0.05, 0.1) is 6.04 Å². The average Bonchev–Trinajstić information content (AvgIpc) is 3.67. The Morgan fingerprint density at radius 3 is 2.30 bits per heavy atom. The van der Waals surface area contributed by atoms with E-state index in [1.807, 2.05) is 13.0 Å². The Kier molecular flexibility index (Phi) is 6.65. The Labute approximate surface area is 227 Å². The van der Waals surface area contributed by atoms with Crippen LogP contribution in [0.3, 0.4) is 0 Å². The van der Waals surface area contributed by atoms with Crippen LogP contribution in [0.1, 0.15) is 53.7 Å². The van der Waals surface area contributed by atoms with E-state index in [9.17, 15) is 4.79 Å². The Balaban J connectivity index is 1.19. The SMILES string of the molecule is Cc1ccc(NC2CC3(CCNC3)C2)cc1C(=O)N[C@H](C)c1cc(-c2cccs2)cc(-c2cccs2)c1. The predicted octanol–water partition coefficient (Wildman–Crippen LogP) is 7.50. The molecule has 4 aromatic rings. The van der Waals surface area contributed by atoms with E-state index in [4.69, 9.17) is 0 Å². The molecule has 1 atom stereocenters. The minimum absolute atomic E-state index is 0.0297. The Morgan fingerprint density at radius 1 is 1.00 bits per heavy atom. The third-order valence-corrected chi connectivity index (χ3v) is 9.80. The first-order valence-corrected chi connectivity index (χ1v) is 14.9. The molecule has 2 aliphatic rings. The van der Waals surface area contributed by atoms with E-state index >= 15 is 0 Å². The van der Waals surface area contributed by atoms with Gasteiger partial charge >= 0.3 is 0 Å². The second kappa shape index (κ2) is 10.1. The number of amides is 1. The molecular formula is C31H33N3OS2. The molecule has 0 unspecified atom stereocenters. The number of anilines is 1. The molecule has 1 aliphatic carbocycles. The summed E-state index contributed by atoms with van der Waals surface area (Å²) in [4.78, 5) is 15.9. The van der Waals surface area contributed by atoms with Crippen LogP contribution in [0.2, 0.25) is 0 Å². The van der Waals surface area contributed by atoms with Gasteiger partial charge in [0.2, 0.25) is 0 Å². The molecule has 1 aliphatic heterocycles. The quantitative estimate of drug-likeness (QED) is 0.233. The van der Waals surface area contributed by atoms with Gasteiger partial charge in [0.15, 0.2) is 0 Å². The summed E-state index contributed by atoms with van der Waals surface area (Å²) < 4.78 is 0. The van der Waals surface area contributed by atoms with Crippen molar-refractivity contribution in [1.82, 2.24) is 10.6 Å². The summed E-state index contributed by atoms with van der Waals surface area (Å²) in [5.41, 5.74) is 6.75. The lowest BCUT2D eigenvalue weighted by molar-refractivity contribution is 0.0939. The second-order valence-electron chi connectivity index (χ2n) is 10.7. The highest BCUT2D eigenvalue weighted by atomic mass is 32.1. The summed E-state index contributed by atoms with van der Waals surface area (Å²) in [6, 6.07) is 21.7. The van der Waals surface area contributed by atoms with Gasteiger partial charge in [-0.05, 0) is 121 Å². The van der Waals surface area contributed by atoms with Gasteiger partial charge in [-0.15, -0.1) is 22.7 Å². The van der Waals surface area contributed by atoms with Gasteiger partial charge in [-0.25, -0.2) is 0 Å². The van der Waals surface area contributed by atoms with Gasteiger partial charge in [-0.1, -0.05) is 18.2 Å². The minimum atomic E-state index is -0.122. The molecule has 2 fully saturated rings. The standard InChI is InChI=1S/C31H33N3OS2/c1-20-7-8-25(34-26-17-31(18-26)9-10-32-19-31)16-27(20)30(35)33-21(2)22-13-23(28-5-3-11-36-28)15-24(14-22)29-6-4-12-37-29/h3-8,11-16,21,26,32,34H,9-10,17-19H2,1-2H3,(H,33,35)/t21-,26?,31?/m1/s1. The van der Waals surface area contributed by atoms with Crippen LogP contribution in [0.15, 0.2) is 71.4 Å². The Hall–Kier alpha value is -2.93. The highest BCUT2D eigenvalue weighted by Crippen LogP contribution is 2.46. The highest BCUT2D eigenvalue weighted by Gasteiger charge is 2.45. The number of nitrogens with one attached hydrogen (secondary N) is 3. The fourth-order valence-corrected chi connectivity index (χ4v) is 7.28. The molecule has 0 radical (unpaired) electrons. The lowest BCUT2D eigenvalue weighted by atomic mass is 9.65. The zero-order valence-corrected chi connectivity index (χ0v) is 23.0. The molecule has 6 rings (SSSR count). The van der Waals surface area contributed by atoms with E-state index in [0.717, 1.165) is 35.5 Å². The molecule has 1 amide bonds. The first-order valence-electron chi connectivity index (χ1n) is 13.1. The van der Waals surface area contributed by atoms with E-state index in [-0.39, 0.29) is 11.9 Å². The van der Waals surface area contributed by atoms with Crippen LogP contribution >= 0.6 is 22.7 Å². The number of hydrogen-bond acceptors (Lipinski definition) is 5. The summed E-state index contributed by atoms with van der Waals surface area (Å²) in [6.45, 7) is 6.38. The molecule has 3 heterocycles. The van der Waals surface area contributed by atoms with Crippen molar-refractivity contribution in [3.63, 3.8) is 0 Å². The number of carbonyl (C=O) groups excluding carboxylic acids is 1. The van der Waals surface area contributed by atoms with E-state index in [1.165, 1.54) is 40.1 Å². The van der Waals surface area contributed by atoms with Crippen LogP contribution in [0.4, 0.5) is 5.69 Å². The molecule has 190 valence electrons. The van der Waals surface area contributed by atoms with Gasteiger partial charge in [-0.2, -0.15) is 0 Å². The van der Waals surface area contributed by atoms with Gasteiger partial charge in [0, 0.05) is 33.6 Å². The van der Waals surface area contributed by atoms with E-state index in [1.54, 1.807) is 22.7 Å². The normalized spacial score (nSPS) is 21.5. The fourth-order valence-electron chi connectivity index (χ4n) is 5.85. The molecule has 6 heteroatoms. The van der Waals surface area contributed by atoms with Crippen molar-refractivity contribution in [2.75, 3.05) is 18.4 Å². The molecule has 2 aromatic heterocycles. The predicted molar refractivity (Wildman–Crippen MR) is 157 cm³/mol. The number of rotatable bonds is 7. The summed E-state index contributed by atoms with van der Waals surface area (Å²) in [6.07, 6.45) is 3.70. The number of carbonyl (C=O) groups is 1. The molecule has 1 saturated heterocycles. The Morgan fingerprint density at radius 2 is 1.70 bits per heavy atom. The van der Waals surface area contributed by atoms with Crippen molar-refractivity contribution < 1.29 is 4.79 Å². The molecule has 2 aromatic carbocycles. The van der Waals surface area contributed by atoms with Crippen molar-refractivity contribution >= 4 is 34.3 Å². The number of hydrogen-bond donors (Lipinski definition) is 3. The third-order valence-electron chi connectivity index (χ3n) is 7.96. The van der Waals surface area contributed by atoms with Crippen LogP contribution in [-0.4, -0.2) is 25.0 Å². The van der Waals surface area contributed by atoms with Crippen LogP contribution in [0, 0.1) is 12.3 Å². The largest absolute Gasteiger partial charge is 0.382 e. The van der Waals surface area contributed by atoms with Gasteiger partial charge in [0.1, 0.15) is 0 Å². The molecule has 4 nitrogen and oxygen atoms in total. The maximum absolute atomic E-state index is 13.5. The smallest absolute Gasteiger partial charge is 0.252 e. The summed E-state index contributed by atoms with van der Waals surface area (Å²) in [5.74, 6) is -0.0297. The first kappa shape index (κ1) is 24.4. The number of thiophene rings is 2. The maximum atomic E-state index is 13.5. The van der Waals surface area contributed by atoms with Crippen molar-refractivity contribution in [1.29, 1.82) is 0 Å².